The molecule has 1 aliphatic rings. The fourth-order valence-corrected chi connectivity index (χ4v) is 4.92. The molecular formula is C21H27N3O4S. The lowest BCUT2D eigenvalue weighted by Crippen LogP contribution is -2.48. The summed E-state index contributed by atoms with van der Waals surface area (Å²) in [6, 6.07) is 14.0. The number of rotatable bonds is 6. The lowest BCUT2D eigenvalue weighted by molar-refractivity contribution is -0.114. The summed E-state index contributed by atoms with van der Waals surface area (Å²) >= 11 is 0. The number of hydrogen-bond acceptors (Lipinski definition) is 5. The van der Waals surface area contributed by atoms with Crippen molar-refractivity contribution in [2.75, 3.05) is 30.3 Å². The second-order valence-electron chi connectivity index (χ2n) is 7.37. The molecule has 7 nitrogen and oxygen atoms in total. The molecule has 1 aliphatic heterocycles. The Bertz CT molecular complexity index is 950. The molecule has 0 saturated carbocycles. The molecule has 2 atom stereocenters. The zero-order valence-corrected chi connectivity index (χ0v) is 17.7. The zero-order chi connectivity index (χ0) is 21.0. The molecule has 0 spiro atoms. The van der Waals surface area contributed by atoms with Crippen LogP contribution in [0.4, 0.5) is 11.4 Å². The summed E-state index contributed by atoms with van der Waals surface area (Å²) in [7, 11) is -3.60. The third kappa shape index (κ3) is 5.56. The largest absolute Gasteiger partial charge is 0.376 e. The van der Waals surface area contributed by atoms with Crippen LogP contribution in [0.25, 0.3) is 0 Å². The first-order valence-electron chi connectivity index (χ1n) is 9.60. The number of amides is 1. The monoisotopic (exact) mass is 417 g/mol. The van der Waals surface area contributed by atoms with E-state index in [1.54, 1.807) is 12.1 Å². The van der Waals surface area contributed by atoms with Crippen LogP contribution in [0.2, 0.25) is 0 Å². The van der Waals surface area contributed by atoms with Gasteiger partial charge in [-0.2, -0.15) is 4.31 Å². The van der Waals surface area contributed by atoms with Gasteiger partial charge in [0.15, 0.2) is 0 Å². The Labute approximate surface area is 172 Å². The average molecular weight is 418 g/mol. The fraction of sp³-hybridized carbons (Fsp3) is 0.381. The third-order valence-electron chi connectivity index (χ3n) is 4.63. The molecule has 3 rings (SSSR count). The maximum absolute atomic E-state index is 12.9. The summed E-state index contributed by atoms with van der Waals surface area (Å²) in [5.74, 6) is -0.210. The van der Waals surface area contributed by atoms with Gasteiger partial charge < -0.3 is 15.4 Å². The van der Waals surface area contributed by atoms with E-state index in [9.17, 15) is 13.2 Å². The summed E-state index contributed by atoms with van der Waals surface area (Å²) in [5, 5.41) is 5.84. The van der Waals surface area contributed by atoms with E-state index >= 15 is 0 Å². The highest BCUT2D eigenvalue weighted by atomic mass is 32.2. The molecule has 2 aromatic rings. The number of hydrogen-bond donors (Lipinski definition) is 2. The van der Waals surface area contributed by atoms with E-state index in [1.807, 2.05) is 45.0 Å². The van der Waals surface area contributed by atoms with Gasteiger partial charge >= 0.3 is 0 Å². The highest BCUT2D eigenvalue weighted by Crippen LogP contribution is 2.22. The van der Waals surface area contributed by atoms with Gasteiger partial charge in [0.25, 0.3) is 0 Å². The number of anilines is 2. The number of ether oxygens (including phenoxy) is 1. The molecule has 1 amide bonds. The molecular weight excluding hydrogens is 390 g/mol. The molecule has 156 valence electrons. The van der Waals surface area contributed by atoms with E-state index in [1.165, 1.54) is 16.4 Å². The Balaban J connectivity index is 1.60. The zero-order valence-electron chi connectivity index (χ0n) is 16.9. The van der Waals surface area contributed by atoms with Gasteiger partial charge in [0.1, 0.15) is 0 Å². The van der Waals surface area contributed by atoms with Gasteiger partial charge in [0.2, 0.25) is 15.9 Å². The van der Waals surface area contributed by atoms with Gasteiger partial charge in [-0.05, 0) is 62.7 Å². The van der Waals surface area contributed by atoms with E-state index in [4.69, 9.17) is 4.74 Å². The fourth-order valence-electron chi connectivity index (χ4n) is 3.33. The second kappa shape index (κ2) is 8.94. The molecule has 0 radical (unpaired) electrons. The summed E-state index contributed by atoms with van der Waals surface area (Å²) in [6.45, 7) is 6.49. The summed E-state index contributed by atoms with van der Waals surface area (Å²) in [6.07, 6.45) is -0.291. The standard InChI is InChI=1S/C21H27N3O4S/c1-15-5-4-6-19(11-15)22-12-21(25)23-18-7-9-20(10-8-18)29(26,27)24-13-16(2)28-17(3)14-24/h4-11,16-17,22H,12-14H2,1-3H3,(H,23,25)/t16-,17+. The number of benzene rings is 2. The lowest BCUT2D eigenvalue weighted by Gasteiger charge is -2.34. The molecule has 0 unspecified atom stereocenters. The van der Waals surface area contributed by atoms with Crippen molar-refractivity contribution in [1.29, 1.82) is 0 Å². The van der Waals surface area contributed by atoms with E-state index in [0.717, 1.165) is 11.3 Å². The second-order valence-corrected chi connectivity index (χ2v) is 9.31. The van der Waals surface area contributed by atoms with Crippen molar-refractivity contribution in [1.82, 2.24) is 4.31 Å². The molecule has 1 heterocycles. The number of carbonyl (C=O) groups excluding carboxylic acids is 1. The lowest BCUT2D eigenvalue weighted by atomic mass is 10.2. The topological polar surface area (TPSA) is 87.7 Å². The Morgan fingerprint density at radius 1 is 1.07 bits per heavy atom. The molecule has 1 saturated heterocycles. The van der Waals surface area contributed by atoms with Crippen molar-refractivity contribution >= 4 is 27.3 Å². The predicted molar refractivity (Wildman–Crippen MR) is 114 cm³/mol. The van der Waals surface area contributed by atoms with Gasteiger partial charge in [-0.15, -0.1) is 0 Å². The van der Waals surface area contributed by atoms with E-state index in [2.05, 4.69) is 10.6 Å². The van der Waals surface area contributed by atoms with Crippen LogP contribution >= 0.6 is 0 Å². The van der Waals surface area contributed by atoms with E-state index < -0.39 is 10.0 Å². The SMILES string of the molecule is Cc1cccc(NCC(=O)Nc2ccc(S(=O)(=O)N3C[C@@H](C)O[C@@H](C)C3)cc2)c1. The Morgan fingerprint density at radius 3 is 2.34 bits per heavy atom. The minimum Gasteiger partial charge on any atom is -0.376 e. The van der Waals surface area contributed by atoms with Crippen molar-refractivity contribution in [2.24, 2.45) is 0 Å². The first kappa shape index (κ1) is 21.3. The van der Waals surface area contributed by atoms with Gasteiger partial charge in [-0.3, -0.25) is 4.79 Å². The van der Waals surface area contributed by atoms with Crippen molar-refractivity contribution in [3.63, 3.8) is 0 Å². The Morgan fingerprint density at radius 2 is 1.72 bits per heavy atom. The van der Waals surface area contributed by atoms with Crippen LogP contribution in [0.5, 0.6) is 0 Å². The maximum Gasteiger partial charge on any atom is 0.243 e. The number of carbonyl (C=O) groups is 1. The number of nitrogens with zero attached hydrogens (tertiary/aromatic N) is 1. The van der Waals surface area contributed by atoms with E-state index in [0.29, 0.717) is 18.8 Å². The van der Waals surface area contributed by atoms with Gasteiger partial charge in [-0.25, -0.2) is 8.42 Å². The highest BCUT2D eigenvalue weighted by Gasteiger charge is 2.32. The minimum absolute atomic E-state index is 0.118. The van der Waals surface area contributed by atoms with Gasteiger partial charge in [0, 0.05) is 24.5 Å². The first-order valence-corrected chi connectivity index (χ1v) is 11.0. The molecule has 0 aromatic heterocycles. The predicted octanol–water partition coefficient (Wildman–Crippen LogP) is 2.84. The summed E-state index contributed by atoms with van der Waals surface area (Å²) in [4.78, 5) is 12.4. The highest BCUT2D eigenvalue weighted by molar-refractivity contribution is 7.89. The van der Waals surface area contributed by atoms with Gasteiger partial charge in [-0.1, -0.05) is 12.1 Å². The number of aryl methyl sites for hydroxylation is 1. The normalized spacial score (nSPS) is 20.2. The number of nitrogens with one attached hydrogen (secondary N) is 2. The van der Waals surface area contributed by atoms with Crippen molar-refractivity contribution in [2.45, 2.75) is 37.9 Å². The molecule has 0 bridgehead atoms. The quantitative estimate of drug-likeness (QED) is 0.755. The average Bonchev–Trinajstić information content (AvgIpc) is 2.66. The molecule has 0 aliphatic carbocycles. The molecule has 29 heavy (non-hydrogen) atoms. The molecule has 2 N–H and O–H groups in total. The number of morpholine rings is 1. The Hall–Kier alpha value is -2.42. The van der Waals surface area contributed by atoms with Crippen molar-refractivity contribution in [3.8, 4) is 0 Å². The molecule has 8 heteroatoms. The van der Waals surface area contributed by atoms with Crippen molar-refractivity contribution in [3.05, 3.63) is 54.1 Å². The van der Waals surface area contributed by atoms with Crippen LogP contribution in [0, 0.1) is 6.92 Å². The molecule has 2 aromatic carbocycles. The van der Waals surface area contributed by atoms with Crippen LogP contribution in [0.3, 0.4) is 0 Å². The summed E-state index contributed by atoms with van der Waals surface area (Å²) in [5.41, 5.74) is 2.52. The van der Waals surface area contributed by atoms with Crippen LogP contribution in [-0.2, 0) is 19.6 Å². The smallest absolute Gasteiger partial charge is 0.243 e. The molecule has 1 fully saturated rings. The van der Waals surface area contributed by atoms with Gasteiger partial charge in [0.05, 0.1) is 23.6 Å². The van der Waals surface area contributed by atoms with E-state index in [-0.39, 0.29) is 29.6 Å². The van der Waals surface area contributed by atoms with Crippen LogP contribution in [0.1, 0.15) is 19.4 Å². The first-order chi connectivity index (χ1) is 13.7. The minimum atomic E-state index is -3.60. The maximum atomic E-state index is 12.9. The van der Waals surface area contributed by atoms with Crippen LogP contribution in [0.15, 0.2) is 53.4 Å². The van der Waals surface area contributed by atoms with Crippen molar-refractivity contribution < 1.29 is 17.9 Å². The third-order valence-corrected chi connectivity index (χ3v) is 6.48. The van der Waals surface area contributed by atoms with Crippen LogP contribution in [-0.4, -0.2) is 50.5 Å². The van der Waals surface area contributed by atoms with Crippen LogP contribution < -0.4 is 10.6 Å². The number of sulfonamides is 1. The summed E-state index contributed by atoms with van der Waals surface area (Å²) < 4.78 is 32.8. The Kier molecular flexibility index (Phi) is 6.56.